The standard InChI is InChI=1S/C11H24N2O2/c1-4-15-9-7-5-6-8-13(3)11(14)10-12-2/h12H,4-10H2,1-3H3. The normalized spacial score (nSPS) is 10.3. The highest BCUT2D eigenvalue weighted by molar-refractivity contribution is 5.77. The maximum Gasteiger partial charge on any atom is 0.236 e. The molecule has 0 aromatic heterocycles. The molecular formula is C11H24N2O2. The number of nitrogens with one attached hydrogen (secondary N) is 1. The van der Waals surface area contributed by atoms with E-state index in [4.69, 9.17) is 4.74 Å². The quantitative estimate of drug-likeness (QED) is 0.582. The summed E-state index contributed by atoms with van der Waals surface area (Å²) >= 11 is 0. The molecule has 0 spiro atoms. The highest BCUT2D eigenvalue weighted by atomic mass is 16.5. The molecule has 0 aromatic rings. The third-order valence-electron chi connectivity index (χ3n) is 2.24. The topological polar surface area (TPSA) is 41.6 Å². The fourth-order valence-electron chi connectivity index (χ4n) is 1.29. The zero-order valence-electron chi connectivity index (χ0n) is 10.2. The number of hydrogen-bond donors (Lipinski definition) is 1. The molecule has 0 saturated heterocycles. The van der Waals surface area contributed by atoms with Crippen LogP contribution in [0, 0.1) is 0 Å². The summed E-state index contributed by atoms with van der Waals surface area (Å²) in [5.74, 6) is 0.155. The Labute approximate surface area is 93.0 Å². The van der Waals surface area contributed by atoms with E-state index in [1.165, 1.54) is 0 Å². The Morgan fingerprint density at radius 2 is 2.07 bits per heavy atom. The molecule has 15 heavy (non-hydrogen) atoms. The van der Waals surface area contributed by atoms with E-state index in [2.05, 4.69) is 5.32 Å². The van der Waals surface area contributed by atoms with Crippen LogP contribution in [0.15, 0.2) is 0 Å². The number of nitrogens with zero attached hydrogens (tertiary/aromatic N) is 1. The van der Waals surface area contributed by atoms with Crippen LogP contribution in [-0.2, 0) is 9.53 Å². The second-order valence-electron chi connectivity index (χ2n) is 3.60. The smallest absolute Gasteiger partial charge is 0.236 e. The van der Waals surface area contributed by atoms with Crippen LogP contribution < -0.4 is 5.32 Å². The summed E-state index contributed by atoms with van der Waals surface area (Å²) in [6.45, 7) is 4.90. The van der Waals surface area contributed by atoms with Gasteiger partial charge in [-0.3, -0.25) is 4.79 Å². The van der Waals surface area contributed by atoms with E-state index in [1.807, 2.05) is 14.0 Å². The van der Waals surface area contributed by atoms with Crippen LogP contribution in [0.2, 0.25) is 0 Å². The van der Waals surface area contributed by atoms with Gasteiger partial charge in [0, 0.05) is 26.8 Å². The van der Waals surface area contributed by atoms with E-state index >= 15 is 0 Å². The van der Waals surface area contributed by atoms with Crippen LogP contribution in [0.5, 0.6) is 0 Å². The lowest BCUT2D eigenvalue weighted by molar-refractivity contribution is -0.128. The highest BCUT2D eigenvalue weighted by Crippen LogP contribution is 1.98. The fraction of sp³-hybridized carbons (Fsp3) is 0.909. The first-order valence-electron chi connectivity index (χ1n) is 5.68. The van der Waals surface area contributed by atoms with Crippen LogP contribution in [0.25, 0.3) is 0 Å². The molecule has 1 amide bonds. The van der Waals surface area contributed by atoms with Crippen molar-refractivity contribution in [3.63, 3.8) is 0 Å². The van der Waals surface area contributed by atoms with Crippen LogP contribution in [0.4, 0.5) is 0 Å². The van der Waals surface area contributed by atoms with Gasteiger partial charge in [-0.15, -0.1) is 0 Å². The number of carbonyl (C=O) groups excluding carboxylic acids is 1. The second kappa shape index (κ2) is 9.93. The maximum absolute atomic E-state index is 11.3. The van der Waals surface area contributed by atoms with Crippen molar-refractivity contribution in [1.82, 2.24) is 10.2 Å². The first-order chi connectivity index (χ1) is 7.22. The minimum absolute atomic E-state index is 0.155. The van der Waals surface area contributed by atoms with Crippen molar-refractivity contribution in [2.24, 2.45) is 0 Å². The van der Waals surface area contributed by atoms with Crippen LogP contribution >= 0.6 is 0 Å². The number of unbranched alkanes of at least 4 members (excludes halogenated alkanes) is 2. The molecule has 1 N–H and O–H groups in total. The predicted octanol–water partition coefficient (Wildman–Crippen LogP) is 0.871. The van der Waals surface area contributed by atoms with Crippen molar-refractivity contribution >= 4 is 5.91 Å². The summed E-state index contributed by atoms with van der Waals surface area (Å²) in [6.07, 6.45) is 3.26. The average Bonchev–Trinajstić information content (AvgIpc) is 2.23. The first kappa shape index (κ1) is 14.4. The lowest BCUT2D eigenvalue weighted by Crippen LogP contribution is -2.34. The van der Waals surface area contributed by atoms with Gasteiger partial charge in [-0.25, -0.2) is 0 Å². The fourth-order valence-corrected chi connectivity index (χ4v) is 1.29. The van der Waals surface area contributed by atoms with Gasteiger partial charge in [0.15, 0.2) is 0 Å². The number of likely N-dealkylation sites (N-methyl/N-ethyl adjacent to an activating group) is 2. The largest absolute Gasteiger partial charge is 0.382 e. The number of ether oxygens (including phenoxy) is 1. The predicted molar refractivity (Wildman–Crippen MR) is 61.9 cm³/mol. The van der Waals surface area contributed by atoms with Gasteiger partial charge >= 0.3 is 0 Å². The third-order valence-corrected chi connectivity index (χ3v) is 2.24. The van der Waals surface area contributed by atoms with Crippen LogP contribution in [0.3, 0.4) is 0 Å². The average molecular weight is 216 g/mol. The van der Waals surface area contributed by atoms with E-state index in [1.54, 1.807) is 11.9 Å². The zero-order chi connectivity index (χ0) is 11.5. The Bertz CT molecular complexity index is 163. The Kier molecular flexibility index (Phi) is 9.52. The van der Waals surface area contributed by atoms with Crippen LogP contribution in [0.1, 0.15) is 26.2 Å². The summed E-state index contributed by atoms with van der Waals surface area (Å²) in [7, 11) is 3.63. The van der Waals surface area contributed by atoms with Gasteiger partial charge in [-0.05, 0) is 33.2 Å². The molecule has 0 unspecified atom stereocenters. The minimum atomic E-state index is 0.155. The molecule has 4 heteroatoms. The maximum atomic E-state index is 11.3. The Hall–Kier alpha value is -0.610. The SMILES string of the molecule is CCOCCCCCN(C)C(=O)CNC. The van der Waals surface area contributed by atoms with E-state index < -0.39 is 0 Å². The molecule has 0 bridgehead atoms. The summed E-state index contributed by atoms with van der Waals surface area (Å²) in [6, 6.07) is 0. The molecule has 90 valence electrons. The van der Waals surface area contributed by atoms with Gasteiger partial charge in [-0.2, -0.15) is 0 Å². The number of rotatable bonds is 9. The van der Waals surface area contributed by atoms with Gasteiger partial charge in [-0.1, -0.05) is 0 Å². The summed E-state index contributed by atoms with van der Waals surface area (Å²) in [5, 5.41) is 2.86. The second-order valence-corrected chi connectivity index (χ2v) is 3.60. The van der Waals surface area contributed by atoms with Gasteiger partial charge < -0.3 is 15.0 Å². The van der Waals surface area contributed by atoms with Gasteiger partial charge in [0.05, 0.1) is 6.54 Å². The monoisotopic (exact) mass is 216 g/mol. The molecule has 0 fully saturated rings. The summed E-state index contributed by atoms with van der Waals surface area (Å²) in [4.78, 5) is 13.1. The summed E-state index contributed by atoms with van der Waals surface area (Å²) in [5.41, 5.74) is 0. The van der Waals surface area contributed by atoms with Crippen molar-refractivity contribution in [2.45, 2.75) is 26.2 Å². The van der Waals surface area contributed by atoms with E-state index in [0.29, 0.717) is 6.54 Å². The van der Waals surface area contributed by atoms with E-state index in [9.17, 15) is 4.79 Å². The van der Waals surface area contributed by atoms with Crippen molar-refractivity contribution in [3.8, 4) is 0 Å². The Morgan fingerprint density at radius 3 is 2.67 bits per heavy atom. The third kappa shape index (κ3) is 8.39. The number of hydrogen-bond acceptors (Lipinski definition) is 3. The lowest BCUT2D eigenvalue weighted by atomic mass is 10.2. The molecular weight excluding hydrogens is 192 g/mol. The van der Waals surface area contributed by atoms with E-state index in [-0.39, 0.29) is 5.91 Å². The van der Waals surface area contributed by atoms with Crippen molar-refractivity contribution < 1.29 is 9.53 Å². The van der Waals surface area contributed by atoms with Gasteiger partial charge in [0.1, 0.15) is 0 Å². The summed E-state index contributed by atoms with van der Waals surface area (Å²) < 4.78 is 5.24. The first-order valence-corrected chi connectivity index (χ1v) is 5.68. The molecule has 0 aliphatic carbocycles. The molecule has 0 radical (unpaired) electrons. The van der Waals surface area contributed by atoms with Crippen molar-refractivity contribution in [3.05, 3.63) is 0 Å². The molecule has 4 nitrogen and oxygen atoms in total. The minimum Gasteiger partial charge on any atom is -0.382 e. The Morgan fingerprint density at radius 1 is 1.33 bits per heavy atom. The molecule has 0 heterocycles. The van der Waals surface area contributed by atoms with E-state index in [0.717, 1.165) is 39.0 Å². The lowest BCUT2D eigenvalue weighted by Gasteiger charge is -2.16. The van der Waals surface area contributed by atoms with Gasteiger partial charge in [0.2, 0.25) is 5.91 Å². The molecule has 0 rings (SSSR count). The molecule has 0 aliphatic heterocycles. The number of carbonyl (C=O) groups is 1. The van der Waals surface area contributed by atoms with Crippen LogP contribution in [-0.4, -0.2) is 51.2 Å². The highest BCUT2D eigenvalue weighted by Gasteiger charge is 2.05. The van der Waals surface area contributed by atoms with Crippen molar-refractivity contribution in [1.29, 1.82) is 0 Å². The molecule has 0 atom stereocenters. The van der Waals surface area contributed by atoms with Gasteiger partial charge in [0.25, 0.3) is 0 Å². The molecule has 0 aliphatic rings. The molecule has 0 aromatic carbocycles. The molecule has 0 saturated carbocycles. The zero-order valence-corrected chi connectivity index (χ0v) is 10.2. The van der Waals surface area contributed by atoms with Crippen molar-refractivity contribution in [2.75, 3.05) is 40.4 Å². The number of amides is 1. The Balaban J connectivity index is 3.30.